The number of benzene rings is 1. The minimum atomic E-state index is -0.655. The van der Waals surface area contributed by atoms with Crippen LogP contribution in [0, 0.1) is 20.2 Å². The van der Waals surface area contributed by atoms with Crippen LogP contribution in [-0.2, 0) is 17.8 Å². The Labute approximate surface area is 108 Å². The number of rotatable bonds is 6. The summed E-state index contributed by atoms with van der Waals surface area (Å²) in [5.41, 5.74) is 0.540. The van der Waals surface area contributed by atoms with Gasteiger partial charge in [-0.1, -0.05) is 0 Å². The van der Waals surface area contributed by atoms with Gasteiger partial charge < -0.3 is 4.74 Å². The first kappa shape index (κ1) is 14.6. The fourth-order valence-electron chi connectivity index (χ4n) is 1.58. The van der Waals surface area contributed by atoms with Crippen LogP contribution < -0.4 is 0 Å². The van der Waals surface area contributed by atoms with Gasteiger partial charge in [0.15, 0.2) is 0 Å². The third-order valence-electron chi connectivity index (χ3n) is 2.19. The Balaban J connectivity index is 3.11. The van der Waals surface area contributed by atoms with E-state index in [4.69, 9.17) is 4.74 Å². The molecule has 0 fully saturated rings. The maximum Gasteiger partial charge on any atom is 0.338 e. The van der Waals surface area contributed by atoms with Gasteiger partial charge in [-0.3, -0.25) is 20.2 Å². The molecule has 0 saturated carbocycles. The summed E-state index contributed by atoms with van der Waals surface area (Å²) in [5, 5.41) is 20.9. The average Bonchev–Trinajstić information content (AvgIpc) is 2.26. The van der Waals surface area contributed by atoms with Crippen LogP contribution >= 0.6 is 0 Å². The molecule has 0 amide bonds. The van der Waals surface area contributed by atoms with Gasteiger partial charge in [0.1, 0.15) is 0 Å². The van der Waals surface area contributed by atoms with E-state index < -0.39 is 28.9 Å². The molecule has 1 aromatic carbocycles. The summed E-state index contributed by atoms with van der Waals surface area (Å²) in [6.45, 7) is 0.773. The maximum atomic E-state index is 11.6. The summed E-state index contributed by atoms with van der Waals surface area (Å²) in [6.07, 6.45) is 0. The molecule has 0 radical (unpaired) electrons. The first-order valence-electron chi connectivity index (χ1n) is 5.46. The zero-order valence-corrected chi connectivity index (χ0v) is 10.2. The monoisotopic (exact) mass is 268 g/mol. The summed E-state index contributed by atoms with van der Waals surface area (Å²) in [6, 6.07) is 3.96. The van der Waals surface area contributed by atoms with E-state index in [0.717, 1.165) is 0 Å². The molecular weight excluding hydrogens is 256 g/mol. The van der Waals surface area contributed by atoms with Gasteiger partial charge in [-0.05, 0) is 25.1 Å². The van der Waals surface area contributed by atoms with E-state index >= 15 is 0 Å². The summed E-state index contributed by atoms with van der Waals surface area (Å²) in [5.74, 6) is -0.655. The number of nitro groups is 2. The molecule has 102 valence electrons. The third-order valence-corrected chi connectivity index (χ3v) is 2.19. The Hall–Kier alpha value is -2.51. The lowest BCUT2D eigenvalue weighted by Crippen LogP contribution is -2.09. The van der Waals surface area contributed by atoms with Gasteiger partial charge in [0.05, 0.1) is 12.2 Å². The quantitative estimate of drug-likeness (QED) is 0.438. The van der Waals surface area contributed by atoms with Crippen LogP contribution in [0.4, 0.5) is 0 Å². The van der Waals surface area contributed by atoms with Crippen molar-refractivity contribution in [2.75, 3.05) is 6.61 Å². The van der Waals surface area contributed by atoms with Gasteiger partial charge in [-0.2, -0.15) is 0 Å². The summed E-state index contributed by atoms with van der Waals surface area (Å²) in [7, 11) is 0. The minimum Gasteiger partial charge on any atom is -0.462 e. The van der Waals surface area contributed by atoms with Gasteiger partial charge in [0.25, 0.3) is 0 Å². The highest BCUT2D eigenvalue weighted by Gasteiger charge is 2.14. The van der Waals surface area contributed by atoms with E-state index in [1.165, 1.54) is 18.2 Å². The van der Waals surface area contributed by atoms with Crippen LogP contribution in [0.1, 0.15) is 28.4 Å². The molecule has 0 bridgehead atoms. The Morgan fingerprint density at radius 1 is 1.11 bits per heavy atom. The van der Waals surface area contributed by atoms with Crippen molar-refractivity contribution in [3.8, 4) is 0 Å². The van der Waals surface area contributed by atoms with Crippen molar-refractivity contribution in [2.45, 2.75) is 20.0 Å². The number of ether oxygens (including phenoxy) is 1. The second-order valence-electron chi connectivity index (χ2n) is 3.74. The van der Waals surface area contributed by atoms with Crippen LogP contribution in [0.2, 0.25) is 0 Å². The minimum absolute atomic E-state index is 0.0815. The van der Waals surface area contributed by atoms with Crippen molar-refractivity contribution in [3.05, 3.63) is 55.1 Å². The predicted octanol–water partition coefficient (Wildman–Crippen LogP) is 1.42. The zero-order valence-electron chi connectivity index (χ0n) is 10.2. The smallest absolute Gasteiger partial charge is 0.338 e. The Morgan fingerprint density at radius 3 is 1.95 bits per heavy atom. The number of nitrogens with zero attached hydrogens (tertiary/aromatic N) is 2. The van der Waals surface area contributed by atoms with Crippen molar-refractivity contribution in [3.63, 3.8) is 0 Å². The van der Waals surface area contributed by atoms with Crippen LogP contribution in [0.25, 0.3) is 0 Å². The van der Waals surface area contributed by atoms with Crippen molar-refractivity contribution in [2.24, 2.45) is 0 Å². The maximum absolute atomic E-state index is 11.6. The Kier molecular flexibility index (Phi) is 4.92. The van der Waals surface area contributed by atoms with Crippen molar-refractivity contribution < 1.29 is 19.4 Å². The van der Waals surface area contributed by atoms with Crippen molar-refractivity contribution in [1.82, 2.24) is 0 Å². The highest BCUT2D eigenvalue weighted by atomic mass is 16.6. The molecule has 1 aromatic rings. The molecule has 19 heavy (non-hydrogen) atoms. The molecule has 0 atom stereocenters. The lowest BCUT2D eigenvalue weighted by atomic mass is 10.1. The second-order valence-corrected chi connectivity index (χ2v) is 3.74. The van der Waals surface area contributed by atoms with Crippen LogP contribution in [0.5, 0.6) is 0 Å². The van der Waals surface area contributed by atoms with Crippen LogP contribution in [0.3, 0.4) is 0 Å². The topological polar surface area (TPSA) is 113 Å². The lowest BCUT2D eigenvalue weighted by molar-refractivity contribution is -0.498. The number of esters is 1. The molecule has 8 heteroatoms. The number of hydrogen-bond donors (Lipinski definition) is 0. The highest BCUT2D eigenvalue weighted by Crippen LogP contribution is 2.13. The molecule has 0 unspecified atom stereocenters. The molecule has 0 aliphatic rings. The van der Waals surface area contributed by atoms with Gasteiger partial charge in [0, 0.05) is 21.0 Å². The van der Waals surface area contributed by atoms with E-state index in [1.807, 2.05) is 0 Å². The second kappa shape index (κ2) is 6.43. The van der Waals surface area contributed by atoms with Gasteiger partial charge in [-0.15, -0.1) is 0 Å². The van der Waals surface area contributed by atoms with E-state index in [9.17, 15) is 25.0 Å². The zero-order chi connectivity index (χ0) is 14.4. The molecule has 0 spiro atoms. The lowest BCUT2D eigenvalue weighted by Gasteiger charge is -2.05. The van der Waals surface area contributed by atoms with E-state index in [2.05, 4.69) is 0 Å². The van der Waals surface area contributed by atoms with Crippen LogP contribution in [0.15, 0.2) is 18.2 Å². The molecule has 0 heterocycles. The number of carbonyl (C=O) groups excluding carboxylic acids is 1. The SMILES string of the molecule is CCOC(=O)c1cc(C[N+](=O)[O-])cc(C[N+](=O)[O-])c1. The van der Waals surface area contributed by atoms with E-state index in [-0.39, 0.29) is 23.3 Å². The normalized spacial score (nSPS) is 9.95. The largest absolute Gasteiger partial charge is 0.462 e. The van der Waals surface area contributed by atoms with Crippen molar-refractivity contribution in [1.29, 1.82) is 0 Å². The highest BCUT2D eigenvalue weighted by molar-refractivity contribution is 5.89. The molecule has 0 N–H and O–H groups in total. The van der Waals surface area contributed by atoms with Gasteiger partial charge in [-0.25, -0.2) is 4.79 Å². The van der Waals surface area contributed by atoms with Gasteiger partial charge >= 0.3 is 5.97 Å². The van der Waals surface area contributed by atoms with Crippen molar-refractivity contribution >= 4 is 5.97 Å². The molecule has 0 aliphatic heterocycles. The summed E-state index contributed by atoms with van der Waals surface area (Å²) >= 11 is 0. The van der Waals surface area contributed by atoms with Crippen LogP contribution in [-0.4, -0.2) is 22.4 Å². The Bertz CT molecular complexity index is 480. The molecule has 0 aliphatic carbocycles. The summed E-state index contributed by atoms with van der Waals surface area (Å²) < 4.78 is 4.77. The fraction of sp³-hybridized carbons (Fsp3) is 0.364. The molecule has 8 nitrogen and oxygen atoms in total. The van der Waals surface area contributed by atoms with E-state index in [1.54, 1.807) is 6.92 Å². The predicted molar refractivity (Wildman–Crippen MR) is 63.8 cm³/mol. The number of carbonyl (C=O) groups is 1. The van der Waals surface area contributed by atoms with Gasteiger partial charge in [0.2, 0.25) is 13.1 Å². The summed E-state index contributed by atoms with van der Waals surface area (Å²) in [4.78, 5) is 31.3. The first-order valence-corrected chi connectivity index (χ1v) is 5.46. The molecular formula is C11H12N2O6. The first-order chi connectivity index (χ1) is 8.92. The standard InChI is InChI=1S/C11H12N2O6/c1-2-19-11(14)10-4-8(6-12(15)16)3-9(5-10)7-13(17)18/h3-5H,2,6-7H2,1H3. The third kappa shape index (κ3) is 4.70. The average molecular weight is 268 g/mol. The Morgan fingerprint density at radius 2 is 1.58 bits per heavy atom. The molecule has 1 rings (SSSR count). The van der Waals surface area contributed by atoms with E-state index in [0.29, 0.717) is 0 Å². The number of hydrogen-bond acceptors (Lipinski definition) is 6. The fourth-order valence-corrected chi connectivity index (χ4v) is 1.58. The molecule has 0 saturated heterocycles. The molecule has 0 aromatic heterocycles.